The predicted molar refractivity (Wildman–Crippen MR) is 63.1 cm³/mol. The average molecular weight is 217 g/mol. The zero-order valence-corrected chi connectivity index (χ0v) is 8.89. The van der Waals surface area contributed by atoms with Gasteiger partial charge < -0.3 is 10.6 Å². The van der Waals surface area contributed by atoms with Gasteiger partial charge in [0.1, 0.15) is 11.6 Å². The van der Waals surface area contributed by atoms with Crippen molar-refractivity contribution in [2.24, 2.45) is 0 Å². The van der Waals surface area contributed by atoms with Crippen LogP contribution in [0.2, 0.25) is 0 Å². The molecule has 0 radical (unpaired) electrons. The zero-order valence-electron chi connectivity index (χ0n) is 8.89. The summed E-state index contributed by atoms with van der Waals surface area (Å²) in [6.07, 6.45) is 1.62. The van der Waals surface area contributed by atoms with E-state index in [1.54, 1.807) is 23.2 Å². The van der Waals surface area contributed by atoms with Crippen molar-refractivity contribution in [1.29, 1.82) is 0 Å². The summed E-state index contributed by atoms with van der Waals surface area (Å²) >= 11 is 0. The van der Waals surface area contributed by atoms with Crippen molar-refractivity contribution in [3.05, 3.63) is 48.4 Å². The van der Waals surface area contributed by atoms with Crippen LogP contribution in [-0.2, 0) is 0 Å². The molecule has 0 fully saturated rings. The number of hydrogen-bond acceptors (Lipinski definition) is 3. The van der Waals surface area contributed by atoms with E-state index in [4.69, 9.17) is 5.73 Å². The van der Waals surface area contributed by atoms with Crippen molar-refractivity contribution in [1.82, 2.24) is 4.98 Å². The van der Waals surface area contributed by atoms with Crippen LogP contribution in [0, 0.1) is 5.82 Å². The summed E-state index contributed by atoms with van der Waals surface area (Å²) < 4.78 is 13.1. The first-order valence-electron chi connectivity index (χ1n) is 4.88. The van der Waals surface area contributed by atoms with Gasteiger partial charge in [-0.1, -0.05) is 6.07 Å². The van der Waals surface area contributed by atoms with Gasteiger partial charge in [0, 0.05) is 18.9 Å². The number of benzene rings is 1. The fourth-order valence-corrected chi connectivity index (χ4v) is 1.52. The van der Waals surface area contributed by atoms with Gasteiger partial charge in [0.25, 0.3) is 0 Å². The van der Waals surface area contributed by atoms with E-state index in [-0.39, 0.29) is 5.82 Å². The lowest BCUT2D eigenvalue weighted by atomic mass is 10.2. The van der Waals surface area contributed by atoms with Gasteiger partial charge >= 0.3 is 0 Å². The molecule has 0 saturated carbocycles. The average Bonchev–Trinajstić information content (AvgIpc) is 2.29. The molecule has 0 aliphatic heterocycles. The summed E-state index contributed by atoms with van der Waals surface area (Å²) in [6.45, 7) is 0. The minimum atomic E-state index is -0.271. The Balaban J connectivity index is 2.39. The number of rotatable bonds is 2. The molecule has 2 rings (SSSR count). The van der Waals surface area contributed by atoms with E-state index in [0.717, 1.165) is 11.4 Å². The quantitative estimate of drug-likeness (QED) is 0.840. The van der Waals surface area contributed by atoms with E-state index in [9.17, 15) is 4.39 Å². The largest absolute Gasteiger partial charge is 0.382 e. The normalized spacial score (nSPS) is 10.1. The van der Waals surface area contributed by atoms with E-state index < -0.39 is 0 Å². The molecular weight excluding hydrogens is 205 g/mol. The van der Waals surface area contributed by atoms with Crippen LogP contribution in [0.1, 0.15) is 0 Å². The van der Waals surface area contributed by atoms with Gasteiger partial charge in [-0.15, -0.1) is 0 Å². The number of aromatic nitrogens is 1. The lowest BCUT2D eigenvalue weighted by molar-refractivity contribution is 0.628. The van der Waals surface area contributed by atoms with Gasteiger partial charge in [-0.2, -0.15) is 0 Å². The first-order valence-corrected chi connectivity index (χ1v) is 4.88. The number of nitrogens with zero attached hydrogens (tertiary/aromatic N) is 2. The molecule has 2 aromatic rings. The van der Waals surface area contributed by atoms with Crippen LogP contribution in [0.5, 0.6) is 0 Å². The number of anilines is 3. The van der Waals surface area contributed by atoms with Crippen LogP contribution in [0.4, 0.5) is 21.6 Å². The second kappa shape index (κ2) is 4.18. The maximum Gasteiger partial charge on any atom is 0.147 e. The van der Waals surface area contributed by atoms with E-state index in [1.807, 2.05) is 19.2 Å². The number of pyridine rings is 1. The second-order valence-electron chi connectivity index (χ2n) is 3.45. The van der Waals surface area contributed by atoms with Crippen molar-refractivity contribution in [3.63, 3.8) is 0 Å². The Hall–Kier alpha value is -2.10. The molecule has 0 spiro atoms. The molecule has 0 saturated heterocycles. The highest BCUT2D eigenvalue weighted by molar-refractivity contribution is 5.71. The summed E-state index contributed by atoms with van der Waals surface area (Å²) in [4.78, 5) is 5.79. The van der Waals surface area contributed by atoms with E-state index in [2.05, 4.69) is 4.98 Å². The van der Waals surface area contributed by atoms with Crippen LogP contribution in [0.3, 0.4) is 0 Å². The van der Waals surface area contributed by atoms with E-state index in [1.165, 1.54) is 12.1 Å². The number of nitrogens with two attached hydrogens (primary N) is 1. The fraction of sp³-hybridized carbons (Fsp3) is 0.0833. The lowest BCUT2D eigenvalue weighted by Gasteiger charge is -2.20. The Labute approximate surface area is 93.3 Å². The molecule has 1 aromatic heterocycles. The second-order valence-corrected chi connectivity index (χ2v) is 3.45. The number of nitrogen functional groups attached to an aromatic ring is 1. The van der Waals surface area contributed by atoms with Gasteiger partial charge in [-0.25, -0.2) is 9.37 Å². The molecule has 82 valence electrons. The van der Waals surface area contributed by atoms with Gasteiger partial charge in [0.2, 0.25) is 0 Å². The van der Waals surface area contributed by atoms with Crippen molar-refractivity contribution in [3.8, 4) is 0 Å². The Morgan fingerprint density at radius 1 is 1.25 bits per heavy atom. The number of hydrogen-bond donors (Lipinski definition) is 1. The van der Waals surface area contributed by atoms with Crippen LogP contribution in [-0.4, -0.2) is 12.0 Å². The molecule has 0 aliphatic rings. The summed E-state index contributed by atoms with van der Waals surface area (Å²) in [5, 5.41) is 0. The third-order valence-electron chi connectivity index (χ3n) is 2.37. The molecular formula is C12H12FN3. The molecule has 16 heavy (non-hydrogen) atoms. The van der Waals surface area contributed by atoms with Crippen LogP contribution in [0.15, 0.2) is 42.6 Å². The molecule has 0 amide bonds. The van der Waals surface area contributed by atoms with Gasteiger partial charge in [-0.05, 0) is 30.3 Å². The molecule has 1 heterocycles. The van der Waals surface area contributed by atoms with Crippen LogP contribution < -0.4 is 10.6 Å². The summed E-state index contributed by atoms with van der Waals surface area (Å²) in [5.41, 5.74) is 7.24. The molecule has 2 N–H and O–H groups in total. The van der Waals surface area contributed by atoms with Crippen molar-refractivity contribution < 1.29 is 4.39 Å². The summed E-state index contributed by atoms with van der Waals surface area (Å²) in [7, 11) is 1.82. The van der Waals surface area contributed by atoms with E-state index in [0.29, 0.717) is 5.82 Å². The minimum Gasteiger partial charge on any atom is -0.382 e. The maximum atomic E-state index is 13.1. The third kappa shape index (κ3) is 1.95. The maximum absolute atomic E-state index is 13.1. The summed E-state index contributed by atoms with van der Waals surface area (Å²) in [6, 6.07) is 9.97. The van der Waals surface area contributed by atoms with Crippen molar-refractivity contribution in [2.75, 3.05) is 17.7 Å². The highest BCUT2D eigenvalue weighted by Gasteiger charge is 2.07. The lowest BCUT2D eigenvalue weighted by Crippen LogP contribution is -2.12. The van der Waals surface area contributed by atoms with Gasteiger partial charge in [0.05, 0.1) is 5.69 Å². The molecule has 3 nitrogen and oxygen atoms in total. The highest BCUT2D eigenvalue weighted by atomic mass is 19.1. The standard InChI is InChI=1S/C12H12FN3/c1-16(10-5-2-4-9(13)8-10)11-6-3-7-15-12(11)14/h2-8H,1H3,(H2,14,15). The topological polar surface area (TPSA) is 42.2 Å². The molecule has 0 atom stereocenters. The Morgan fingerprint density at radius 3 is 2.75 bits per heavy atom. The highest BCUT2D eigenvalue weighted by Crippen LogP contribution is 2.27. The number of halogens is 1. The van der Waals surface area contributed by atoms with Gasteiger partial charge in [0.15, 0.2) is 0 Å². The Kier molecular flexibility index (Phi) is 2.72. The van der Waals surface area contributed by atoms with Gasteiger partial charge in [-0.3, -0.25) is 0 Å². The Morgan fingerprint density at radius 2 is 2.06 bits per heavy atom. The predicted octanol–water partition coefficient (Wildman–Crippen LogP) is 2.57. The first-order chi connectivity index (χ1) is 7.68. The Bertz CT molecular complexity index is 499. The zero-order chi connectivity index (χ0) is 11.5. The third-order valence-corrected chi connectivity index (χ3v) is 2.37. The van der Waals surface area contributed by atoms with Crippen LogP contribution >= 0.6 is 0 Å². The van der Waals surface area contributed by atoms with Crippen molar-refractivity contribution in [2.45, 2.75) is 0 Å². The first kappa shape index (κ1) is 10.4. The molecule has 0 bridgehead atoms. The minimum absolute atomic E-state index is 0.271. The molecule has 4 heteroatoms. The smallest absolute Gasteiger partial charge is 0.147 e. The van der Waals surface area contributed by atoms with E-state index >= 15 is 0 Å². The van der Waals surface area contributed by atoms with Crippen molar-refractivity contribution >= 4 is 17.2 Å². The van der Waals surface area contributed by atoms with Crippen LogP contribution in [0.25, 0.3) is 0 Å². The molecule has 0 aliphatic carbocycles. The monoisotopic (exact) mass is 217 g/mol. The summed E-state index contributed by atoms with van der Waals surface area (Å²) in [5.74, 6) is 0.154. The molecule has 0 unspecified atom stereocenters. The SMILES string of the molecule is CN(c1cccc(F)c1)c1cccnc1N. The molecule has 1 aromatic carbocycles. The fourth-order valence-electron chi connectivity index (χ4n) is 1.52.